The van der Waals surface area contributed by atoms with Crippen molar-refractivity contribution in [3.8, 4) is 28.7 Å². The lowest BCUT2D eigenvalue weighted by Gasteiger charge is -2.41. The second-order valence-electron chi connectivity index (χ2n) is 13.3. The lowest BCUT2D eigenvalue weighted by molar-refractivity contribution is -0.385. The summed E-state index contributed by atoms with van der Waals surface area (Å²) in [6.45, 7) is 9.73. The number of ether oxygens (including phenoxy) is 4. The molecule has 0 saturated carbocycles. The largest absolute Gasteiger partial charge is 0.504 e. The van der Waals surface area contributed by atoms with E-state index < -0.39 is 71.7 Å². The van der Waals surface area contributed by atoms with Crippen molar-refractivity contribution in [3.05, 3.63) is 79.8 Å². The Morgan fingerprint density at radius 1 is 0.961 bits per heavy atom. The third-order valence-electron chi connectivity index (χ3n) is 8.97. The monoisotopic (exact) mass is 788 g/mol. The zero-order valence-corrected chi connectivity index (χ0v) is 31.9. The van der Waals surface area contributed by atoms with E-state index in [1.54, 1.807) is 18.2 Å². The molecular formula is C34H41BrN4O11Si. The molecule has 2 heterocycles. The van der Waals surface area contributed by atoms with E-state index in [1.165, 1.54) is 44.6 Å². The fraction of sp³-hybridized carbons (Fsp3) is 0.382. The van der Waals surface area contributed by atoms with Crippen LogP contribution in [0.4, 0.5) is 5.69 Å². The highest BCUT2D eigenvalue weighted by Gasteiger charge is 2.45. The molecule has 2 aliphatic heterocycles. The molecule has 274 valence electrons. The van der Waals surface area contributed by atoms with Crippen molar-refractivity contribution in [2.45, 2.75) is 63.1 Å². The van der Waals surface area contributed by atoms with Crippen molar-refractivity contribution in [2.75, 3.05) is 21.3 Å². The number of nitrogens with one attached hydrogen (secondary N) is 2. The molecule has 5 rings (SSSR count). The van der Waals surface area contributed by atoms with E-state index in [0.29, 0.717) is 10.2 Å². The molecule has 2 amide bonds. The number of carbonyl (C=O) groups excluding carboxylic acids is 3. The molecule has 3 aromatic carbocycles. The number of phenols is 1. The standard InChI is InChI=1S/C34H41BrN4O11Si/c1-34(2,3)51(7,8)50-29-18-10-12-24(21(14-18)39(44)45)49-25-16-19(15-22(40)30(25)47-5)26(36)31(41)37-27(32(42)38-28(29)33(43)48-6)17-9-11-23(46-4)20(35)13-17/h9-16,26-29,40H,36H2,1-8H3,(H,37,41)(H,38,42)/t26-,27-,28+,29-/m1/s1. The summed E-state index contributed by atoms with van der Waals surface area (Å²) in [5, 5.41) is 28.3. The topological polar surface area (TPSA) is 211 Å². The maximum Gasteiger partial charge on any atom is 0.331 e. The minimum atomic E-state index is -2.81. The quantitative estimate of drug-likeness (QED) is 0.102. The number of rotatable bonds is 7. The van der Waals surface area contributed by atoms with Crippen molar-refractivity contribution in [1.29, 1.82) is 0 Å². The summed E-state index contributed by atoms with van der Waals surface area (Å²) in [4.78, 5) is 53.6. The first-order valence-corrected chi connectivity index (χ1v) is 19.4. The van der Waals surface area contributed by atoms with Gasteiger partial charge in [-0.15, -0.1) is 0 Å². The summed E-state index contributed by atoms with van der Waals surface area (Å²) in [6, 6.07) is 6.56. The summed E-state index contributed by atoms with van der Waals surface area (Å²) >= 11 is 3.41. The maximum atomic E-state index is 14.4. The third kappa shape index (κ3) is 8.27. The number of benzene rings is 3. The van der Waals surface area contributed by atoms with Crippen molar-refractivity contribution in [3.63, 3.8) is 0 Å². The van der Waals surface area contributed by atoms with Gasteiger partial charge in [-0.05, 0) is 81.1 Å². The smallest absolute Gasteiger partial charge is 0.331 e. The number of carbonyl (C=O) groups is 3. The van der Waals surface area contributed by atoms with Gasteiger partial charge in [0, 0.05) is 6.07 Å². The van der Waals surface area contributed by atoms with Gasteiger partial charge in [0.05, 0.1) is 30.7 Å². The molecule has 17 heteroatoms. The Hall–Kier alpha value is -4.71. The summed E-state index contributed by atoms with van der Waals surface area (Å²) in [6.07, 6.45) is -1.31. The van der Waals surface area contributed by atoms with E-state index in [4.69, 9.17) is 29.1 Å². The van der Waals surface area contributed by atoms with Gasteiger partial charge in [0.15, 0.2) is 25.9 Å². The van der Waals surface area contributed by atoms with Gasteiger partial charge in [-0.1, -0.05) is 32.9 Å². The average Bonchev–Trinajstić information content (AvgIpc) is 3.06. The number of halogens is 1. The molecule has 0 saturated heterocycles. The van der Waals surface area contributed by atoms with Gasteiger partial charge >= 0.3 is 11.7 Å². The van der Waals surface area contributed by atoms with Crippen LogP contribution in [0.15, 0.2) is 53.0 Å². The van der Waals surface area contributed by atoms with E-state index >= 15 is 0 Å². The summed E-state index contributed by atoms with van der Waals surface area (Å²) in [7, 11) is 1.04. The molecule has 4 atom stereocenters. The molecule has 0 fully saturated rings. The highest BCUT2D eigenvalue weighted by atomic mass is 79.9. The fourth-order valence-corrected chi connectivity index (χ4v) is 6.94. The van der Waals surface area contributed by atoms with Gasteiger partial charge in [-0.3, -0.25) is 19.7 Å². The van der Waals surface area contributed by atoms with Crippen LogP contribution in [0.1, 0.15) is 55.6 Å². The summed E-state index contributed by atoms with van der Waals surface area (Å²) in [5.74, 6) is -3.29. The van der Waals surface area contributed by atoms with Crippen LogP contribution in [0.25, 0.3) is 0 Å². The molecule has 5 N–H and O–H groups in total. The Kier molecular flexibility index (Phi) is 11.7. The number of nitrogens with two attached hydrogens (primary N) is 1. The molecule has 0 aliphatic carbocycles. The normalized spacial score (nSPS) is 19.7. The van der Waals surface area contributed by atoms with Crippen molar-refractivity contribution >= 4 is 47.7 Å². The van der Waals surface area contributed by atoms with Crippen molar-refractivity contribution in [1.82, 2.24) is 10.6 Å². The van der Waals surface area contributed by atoms with E-state index in [-0.39, 0.29) is 33.9 Å². The molecule has 0 radical (unpaired) electrons. The molecular weight excluding hydrogens is 748 g/mol. The average molecular weight is 790 g/mol. The highest BCUT2D eigenvalue weighted by molar-refractivity contribution is 9.10. The van der Waals surface area contributed by atoms with Crippen LogP contribution in [-0.2, 0) is 23.5 Å². The van der Waals surface area contributed by atoms with E-state index in [2.05, 4.69) is 26.6 Å². The van der Waals surface area contributed by atoms with E-state index in [9.17, 15) is 29.6 Å². The molecule has 3 aromatic rings. The van der Waals surface area contributed by atoms with Crippen molar-refractivity contribution in [2.24, 2.45) is 5.73 Å². The zero-order valence-electron chi connectivity index (χ0n) is 29.4. The van der Waals surface area contributed by atoms with Crippen LogP contribution in [-0.4, -0.2) is 63.5 Å². The van der Waals surface area contributed by atoms with Crippen LogP contribution in [0, 0.1) is 10.1 Å². The predicted octanol–water partition coefficient (Wildman–Crippen LogP) is 5.46. The Bertz CT molecular complexity index is 1850. The molecule has 51 heavy (non-hydrogen) atoms. The number of methoxy groups -OCH3 is 3. The van der Waals surface area contributed by atoms with E-state index in [1.807, 2.05) is 33.9 Å². The SMILES string of the molecule is COC(=O)[C@H]1NC(=O)[C@@H](c2ccc(OC)c(Br)c2)NC(=O)[C@H](N)c2cc(O)c(OC)c(c2)Oc2ccc(cc2[N+](=O)[O-])[C@H]1O[Si](C)(C)C(C)(C)C. The second-order valence-corrected chi connectivity index (χ2v) is 18.9. The summed E-state index contributed by atoms with van der Waals surface area (Å²) in [5.41, 5.74) is 6.29. The van der Waals surface area contributed by atoms with E-state index in [0.717, 1.165) is 7.11 Å². The van der Waals surface area contributed by atoms with Crippen LogP contribution >= 0.6 is 15.9 Å². The Balaban J connectivity index is 2.04. The number of fused-ring (bicyclic) bond motifs is 9. The van der Waals surface area contributed by atoms with Gasteiger partial charge in [0.1, 0.15) is 23.9 Å². The number of nitro groups is 1. The fourth-order valence-electron chi connectivity index (χ4n) is 5.12. The van der Waals surface area contributed by atoms with Gasteiger partial charge in [0.25, 0.3) is 0 Å². The Labute approximate surface area is 304 Å². The van der Waals surface area contributed by atoms with Gasteiger partial charge in [0.2, 0.25) is 23.3 Å². The molecule has 0 unspecified atom stereocenters. The number of hydrogen-bond donors (Lipinski definition) is 4. The van der Waals surface area contributed by atoms with Crippen LogP contribution in [0.5, 0.6) is 28.7 Å². The van der Waals surface area contributed by atoms with Crippen LogP contribution in [0.3, 0.4) is 0 Å². The molecule has 2 aliphatic rings. The highest BCUT2D eigenvalue weighted by Crippen LogP contribution is 2.45. The second kappa shape index (κ2) is 15.3. The number of aromatic hydroxyl groups is 1. The maximum absolute atomic E-state index is 14.4. The number of amides is 2. The molecule has 15 nitrogen and oxygen atoms in total. The Morgan fingerprint density at radius 3 is 2.20 bits per heavy atom. The minimum absolute atomic E-state index is 0.0255. The molecule has 0 spiro atoms. The number of nitro benzene ring substituents is 1. The van der Waals surface area contributed by atoms with Crippen LogP contribution < -0.4 is 30.6 Å². The van der Waals surface area contributed by atoms with Crippen LogP contribution in [0.2, 0.25) is 18.1 Å². The van der Waals surface area contributed by atoms with Gasteiger partial charge in [-0.2, -0.15) is 0 Å². The van der Waals surface area contributed by atoms with Gasteiger partial charge in [-0.25, -0.2) is 4.79 Å². The minimum Gasteiger partial charge on any atom is -0.504 e. The first-order valence-electron chi connectivity index (χ1n) is 15.7. The first kappa shape index (κ1) is 39.1. The first-order chi connectivity index (χ1) is 23.8. The summed E-state index contributed by atoms with van der Waals surface area (Å²) < 4.78 is 28.9. The molecule has 4 bridgehead atoms. The zero-order chi connectivity index (χ0) is 38.0. The van der Waals surface area contributed by atoms with Gasteiger partial charge < -0.3 is 44.8 Å². The van der Waals surface area contributed by atoms with Crippen molar-refractivity contribution < 1.29 is 47.8 Å². The third-order valence-corrected chi connectivity index (χ3v) is 14.0. The lowest BCUT2D eigenvalue weighted by Crippen LogP contribution is -2.54. The molecule has 0 aromatic heterocycles. The lowest BCUT2D eigenvalue weighted by atomic mass is 9.99. The number of hydrogen-bond acceptors (Lipinski definition) is 12. The number of esters is 1. The Morgan fingerprint density at radius 2 is 1.63 bits per heavy atom. The number of nitrogens with zero attached hydrogens (tertiary/aromatic N) is 1. The predicted molar refractivity (Wildman–Crippen MR) is 191 cm³/mol. The number of phenolic OH excluding ortho intramolecular Hbond substituents is 1.